The molecule has 2 amide bonds. The first-order valence-corrected chi connectivity index (χ1v) is 10.2. The average Bonchev–Trinajstić information content (AvgIpc) is 2.81. The number of hydrogen-bond donors (Lipinski definition) is 1. The highest BCUT2D eigenvalue weighted by atomic mass is 19.4. The van der Waals surface area contributed by atoms with Gasteiger partial charge >= 0.3 is 6.18 Å². The summed E-state index contributed by atoms with van der Waals surface area (Å²) in [6.45, 7) is 0. The molecule has 1 N–H and O–H groups in total. The number of benzene rings is 3. The first-order chi connectivity index (χ1) is 15.7. The fourth-order valence-electron chi connectivity index (χ4n) is 4.22. The lowest BCUT2D eigenvalue weighted by Gasteiger charge is -2.39. The lowest BCUT2D eigenvalue weighted by atomic mass is 9.79. The minimum atomic E-state index is -4.63. The number of rotatable bonds is 4. The summed E-state index contributed by atoms with van der Waals surface area (Å²) in [7, 11) is 3.10. The molecule has 170 valence electrons. The van der Waals surface area contributed by atoms with Crippen molar-refractivity contribution in [2.45, 2.75) is 18.1 Å². The standard InChI is InChI=1S/C25H21F3N2O3/c1-30-22(15-11-13-16(33-2)14-12-15)21(17-7-3-4-8-18(17)24(30)32)23(31)29-20-10-6-5-9-19(20)25(26,27)28/h3-14,21-22H,1-2H3,(H,29,31)/t21-,22+/m0/s1. The van der Waals surface area contributed by atoms with Crippen LogP contribution in [0.1, 0.15) is 39.0 Å². The van der Waals surface area contributed by atoms with Crippen molar-refractivity contribution in [2.75, 3.05) is 19.5 Å². The highest BCUT2D eigenvalue weighted by molar-refractivity contribution is 6.04. The van der Waals surface area contributed by atoms with Gasteiger partial charge in [-0.15, -0.1) is 0 Å². The van der Waals surface area contributed by atoms with Crippen molar-refractivity contribution in [1.82, 2.24) is 4.90 Å². The molecule has 3 aromatic carbocycles. The van der Waals surface area contributed by atoms with Crippen molar-refractivity contribution >= 4 is 17.5 Å². The Morgan fingerprint density at radius 1 is 0.970 bits per heavy atom. The first kappa shape index (κ1) is 22.4. The second-order valence-electron chi connectivity index (χ2n) is 7.73. The quantitative estimate of drug-likeness (QED) is 0.585. The van der Waals surface area contributed by atoms with Gasteiger partial charge in [-0.3, -0.25) is 9.59 Å². The van der Waals surface area contributed by atoms with Crippen LogP contribution in [-0.2, 0) is 11.0 Å². The van der Waals surface area contributed by atoms with Crippen LogP contribution >= 0.6 is 0 Å². The molecule has 4 rings (SSSR count). The number of carbonyl (C=O) groups excluding carboxylic acids is 2. The van der Waals surface area contributed by atoms with Gasteiger partial charge in [0.15, 0.2) is 0 Å². The lowest BCUT2D eigenvalue weighted by molar-refractivity contribution is -0.137. The van der Waals surface area contributed by atoms with E-state index in [1.165, 1.54) is 30.2 Å². The smallest absolute Gasteiger partial charge is 0.418 e. The molecule has 0 spiro atoms. The van der Waals surface area contributed by atoms with Crippen LogP contribution in [0.5, 0.6) is 5.75 Å². The lowest BCUT2D eigenvalue weighted by Crippen LogP contribution is -2.44. The number of fused-ring (bicyclic) bond motifs is 1. The van der Waals surface area contributed by atoms with E-state index in [2.05, 4.69) is 5.32 Å². The summed E-state index contributed by atoms with van der Waals surface area (Å²) in [5, 5.41) is 2.46. The zero-order chi connectivity index (χ0) is 23.8. The molecule has 0 saturated heterocycles. The average molecular weight is 454 g/mol. The van der Waals surface area contributed by atoms with E-state index >= 15 is 0 Å². The van der Waals surface area contributed by atoms with Crippen LogP contribution in [0, 0.1) is 0 Å². The molecule has 1 heterocycles. The van der Waals surface area contributed by atoms with Crippen LogP contribution < -0.4 is 10.1 Å². The van der Waals surface area contributed by atoms with Crippen molar-refractivity contribution in [3.8, 4) is 5.75 Å². The number of ether oxygens (including phenoxy) is 1. The van der Waals surface area contributed by atoms with Crippen LogP contribution in [0.3, 0.4) is 0 Å². The van der Waals surface area contributed by atoms with Crippen LogP contribution in [-0.4, -0.2) is 30.9 Å². The normalized spacial score (nSPS) is 18.0. The van der Waals surface area contributed by atoms with Crippen molar-refractivity contribution < 1.29 is 27.5 Å². The van der Waals surface area contributed by atoms with Crippen LogP contribution in [0.25, 0.3) is 0 Å². The molecule has 33 heavy (non-hydrogen) atoms. The van der Waals surface area contributed by atoms with E-state index in [0.29, 0.717) is 22.4 Å². The second kappa shape index (κ2) is 8.61. The van der Waals surface area contributed by atoms with E-state index in [9.17, 15) is 22.8 Å². The predicted octanol–water partition coefficient (Wildman–Crippen LogP) is 5.26. The zero-order valence-corrected chi connectivity index (χ0v) is 17.9. The summed E-state index contributed by atoms with van der Waals surface area (Å²) in [5.41, 5.74) is 0.191. The molecule has 3 aromatic rings. The molecular weight excluding hydrogens is 433 g/mol. The Labute approximate surface area is 188 Å². The van der Waals surface area contributed by atoms with Crippen LogP contribution in [0.4, 0.5) is 18.9 Å². The fourth-order valence-corrected chi connectivity index (χ4v) is 4.22. The van der Waals surface area contributed by atoms with Gasteiger partial charge in [0.1, 0.15) is 5.75 Å². The fraction of sp³-hybridized carbons (Fsp3) is 0.200. The molecule has 0 bridgehead atoms. The molecule has 1 aliphatic rings. The first-order valence-electron chi connectivity index (χ1n) is 10.2. The number of amides is 2. The van der Waals surface area contributed by atoms with Gasteiger partial charge in [-0.2, -0.15) is 13.2 Å². The number of nitrogens with zero attached hydrogens (tertiary/aromatic N) is 1. The van der Waals surface area contributed by atoms with Crippen molar-refractivity contribution in [1.29, 1.82) is 0 Å². The Kier molecular flexibility index (Phi) is 5.84. The summed E-state index contributed by atoms with van der Waals surface area (Å²) in [5.74, 6) is -1.24. The SMILES string of the molecule is COc1ccc([C@@H]2[C@@H](C(=O)Nc3ccccc3C(F)(F)F)c3ccccc3C(=O)N2C)cc1. The Bertz CT molecular complexity index is 1190. The molecule has 0 saturated carbocycles. The van der Waals surface area contributed by atoms with E-state index in [1.54, 1.807) is 55.6 Å². The van der Waals surface area contributed by atoms with E-state index < -0.39 is 29.6 Å². The molecule has 0 unspecified atom stereocenters. The van der Waals surface area contributed by atoms with Crippen LogP contribution in [0.15, 0.2) is 72.8 Å². The summed E-state index contributed by atoms with van der Waals surface area (Å²) < 4.78 is 45.7. The number of halogens is 3. The predicted molar refractivity (Wildman–Crippen MR) is 117 cm³/mol. The van der Waals surface area contributed by atoms with Gasteiger partial charge in [0.25, 0.3) is 5.91 Å². The molecule has 8 heteroatoms. The maximum Gasteiger partial charge on any atom is 0.418 e. The van der Waals surface area contributed by atoms with E-state index in [0.717, 1.165) is 6.07 Å². The molecule has 0 aromatic heterocycles. The van der Waals surface area contributed by atoms with Gasteiger partial charge in [0.2, 0.25) is 5.91 Å². The molecule has 5 nitrogen and oxygen atoms in total. The molecular formula is C25H21F3N2O3. The number of anilines is 1. The Morgan fingerprint density at radius 2 is 1.61 bits per heavy atom. The third kappa shape index (κ3) is 4.16. The number of likely N-dealkylation sites (N-methyl/N-ethyl adjacent to an activating group) is 1. The molecule has 1 aliphatic heterocycles. The van der Waals surface area contributed by atoms with Crippen molar-refractivity contribution in [3.05, 3.63) is 95.1 Å². The highest BCUT2D eigenvalue weighted by Gasteiger charge is 2.43. The minimum absolute atomic E-state index is 0.272. The van der Waals surface area contributed by atoms with Gasteiger partial charge in [-0.25, -0.2) is 0 Å². The highest BCUT2D eigenvalue weighted by Crippen LogP contribution is 2.43. The van der Waals surface area contributed by atoms with E-state index in [1.807, 2.05) is 0 Å². The third-order valence-corrected chi connectivity index (χ3v) is 5.81. The van der Waals surface area contributed by atoms with Crippen molar-refractivity contribution in [2.24, 2.45) is 0 Å². The Balaban J connectivity index is 1.81. The number of methoxy groups -OCH3 is 1. The van der Waals surface area contributed by atoms with Gasteiger partial charge < -0.3 is 15.0 Å². The largest absolute Gasteiger partial charge is 0.497 e. The van der Waals surface area contributed by atoms with E-state index in [4.69, 9.17) is 4.74 Å². The molecule has 0 fully saturated rings. The molecule has 0 radical (unpaired) electrons. The molecule has 0 aliphatic carbocycles. The number of alkyl halides is 3. The number of nitrogens with one attached hydrogen (secondary N) is 1. The Hall–Kier alpha value is -3.81. The summed E-state index contributed by atoms with van der Waals surface area (Å²) in [6, 6.07) is 17.7. The van der Waals surface area contributed by atoms with Crippen LogP contribution in [0.2, 0.25) is 0 Å². The maximum atomic E-state index is 13.5. The Morgan fingerprint density at radius 3 is 2.27 bits per heavy atom. The number of carbonyl (C=O) groups is 2. The van der Waals surface area contributed by atoms with Gasteiger partial charge in [0.05, 0.1) is 30.3 Å². The topological polar surface area (TPSA) is 58.6 Å². The van der Waals surface area contributed by atoms with Gasteiger partial charge in [-0.1, -0.05) is 42.5 Å². The maximum absolute atomic E-state index is 13.5. The number of hydrogen-bond acceptors (Lipinski definition) is 3. The van der Waals surface area contributed by atoms with E-state index in [-0.39, 0.29) is 11.6 Å². The summed E-state index contributed by atoms with van der Waals surface area (Å²) in [6.07, 6.45) is -4.63. The number of para-hydroxylation sites is 1. The summed E-state index contributed by atoms with van der Waals surface area (Å²) >= 11 is 0. The zero-order valence-electron chi connectivity index (χ0n) is 17.9. The summed E-state index contributed by atoms with van der Waals surface area (Å²) in [4.78, 5) is 28.0. The third-order valence-electron chi connectivity index (χ3n) is 5.81. The van der Waals surface area contributed by atoms with Gasteiger partial charge in [-0.05, 0) is 41.5 Å². The minimum Gasteiger partial charge on any atom is -0.497 e. The van der Waals surface area contributed by atoms with Crippen molar-refractivity contribution in [3.63, 3.8) is 0 Å². The monoisotopic (exact) mass is 454 g/mol. The van der Waals surface area contributed by atoms with Gasteiger partial charge in [0, 0.05) is 12.6 Å². The second-order valence-corrected chi connectivity index (χ2v) is 7.73. The molecule has 2 atom stereocenters.